The first-order valence-corrected chi connectivity index (χ1v) is 9.70. The lowest BCUT2D eigenvalue weighted by atomic mass is 10.2. The molecule has 0 saturated heterocycles. The molecule has 0 aliphatic heterocycles. The van der Waals surface area contributed by atoms with Crippen molar-refractivity contribution in [2.24, 2.45) is 0 Å². The van der Waals surface area contributed by atoms with Crippen molar-refractivity contribution >= 4 is 15.8 Å². The molecule has 0 saturated carbocycles. The van der Waals surface area contributed by atoms with Crippen LogP contribution in [0.25, 0.3) is 0 Å². The molecule has 0 atom stereocenters. The highest BCUT2D eigenvalue weighted by Gasteiger charge is 2.24. The summed E-state index contributed by atoms with van der Waals surface area (Å²) in [5.74, 6) is 0.975. The van der Waals surface area contributed by atoms with Crippen LogP contribution < -0.4 is 9.47 Å². The lowest BCUT2D eigenvalue weighted by molar-refractivity contribution is 0.101. The van der Waals surface area contributed by atoms with Gasteiger partial charge in [-0.1, -0.05) is 24.3 Å². The zero-order chi connectivity index (χ0) is 20.0. The molecule has 2 rings (SSSR count). The number of rotatable bonds is 9. The van der Waals surface area contributed by atoms with Crippen molar-refractivity contribution in [1.82, 2.24) is 4.31 Å². The Bertz CT molecular complexity index is 920. The van der Waals surface area contributed by atoms with E-state index in [4.69, 9.17) is 9.47 Å². The van der Waals surface area contributed by atoms with Gasteiger partial charge >= 0.3 is 0 Å². The molecular weight excluding hydrogens is 366 g/mol. The summed E-state index contributed by atoms with van der Waals surface area (Å²) in [6.07, 6.45) is 1.53. The maximum atomic E-state index is 13.0. The van der Waals surface area contributed by atoms with Crippen molar-refractivity contribution in [3.63, 3.8) is 0 Å². The zero-order valence-corrected chi connectivity index (χ0v) is 16.5. The van der Waals surface area contributed by atoms with Gasteiger partial charge in [-0.3, -0.25) is 4.79 Å². The largest absolute Gasteiger partial charge is 0.493 e. The number of carbonyl (C=O) groups is 1. The topological polar surface area (TPSA) is 72.9 Å². The fourth-order valence-electron chi connectivity index (χ4n) is 2.58. The molecule has 0 heterocycles. The van der Waals surface area contributed by atoms with Gasteiger partial charge in [-0.2, -0.15) is 4.31 Å². The Morgan fingerprint density at radius 2 is 1.70 bits per heavy atom. The van der Waals surface area contributed by atoms with E-state index in [2.05, 4.69) is 6.58 Å². The molecule has 0 amide bonds. The van der Waals surface area contributed by atoms with Gasteiger partial charge in [-0.25, -0.2) is 8.42 Å². The Kier molecular flexibility index (Phi) is 6.76. The third kappa shape index (κ3) is 4.75. The van der Waals surface area contributed by atoms with Gasteiger partial charge in [0.1, 0.15) is 0 Å². The summed E-state index contributed by atoms with van der Waals surface area (Å²) >= 11 is 0. The molecule has 0 aromatic heterocycles. The summed E-state index contributed by atoms with van der Waals surface area (Å²) in [6, 6.07) is 11.2. The Hall–Kier alpha value is -2.64. The van der Waals surface area contributed by atoms with Gasteiger partial charge in [0, 0.05) is 18.7 Å². The summed E-state index contributed by atoms with van der Waals surface area (Å²) < 4.78 is 37.8. The molecule has 0 aliphatic carbocycles. The first-order chi connectivity index (χ1) is 12.8. The Balaban J connectivity index is 2.35. The number of ketones is 1. The molecule has 6 nitrogen and oxygen atoms in total. The van der Waals surface area contributed by atoms with E-state index in [1.807, 2.05) is 0 Å². The van der Waals surface area contributed by atoms with Crippen LogP contribution in [0.4, 0.5) is 0 Å². The molecule has 0 spiro atoms. The van der Waals surface area contributed by atoms with Crippen molar-refractivity contribution in [2.75, 3.05) is 20.8 Å². The van der Waals surface area contributed by atoms with Gasteiger partial charge in [0.2, 0.25) is 10.0 Å². The van der Waals surface area contributed by atoms with E-state index in [0.29, 0.717) is 17.1 Å². The number of benzene rings is 2. The molecule has 7 heteroatoms. The molecule has 0 fully saturated rings. The predicted molar refractivity (Wildman–Crippen MR) is 104 cm³/mol. The predicted octanol–water partition coefficient (Wildman–Crippen LogP) is 3.28. The second kappa shape index (κ2) is 8.83. The molecule has 2 aromatic rings. The lowest BCUT2D eigenvalue weighted by Gasteiger charge is -2.21. The molecule has 144 valence electrons. The van der Waals surface area contributed by atoms with E-state index in [0.717, 1.165) is 5.56 Å². The second-order valence-corrected chi connectivity index (χ2v) is 7.79. The summed E-state index contributed by atoms with van der Waals surface area (Å²) in [6.45, 7) is 5.37. The van der Waals surface area contributed by atoms with Gasteiger partial charge in [0.25, 0.3) is 0 Å². The monoisotopic (exact) mass is 389 g/mol. The minimum Gasteiger partial charge on any atom is -0.493 e. The quantitative estimate of drug-likeness (QED) is 0.486. The average Bonchev–Trinajstić information content (AvgIpc) is 2.67. The van der Waals surface area contributed by atoms with Crippen LogP contribution in [-0.4, -0.2) is 39.3 Å². The first kappa shape index (κ1) is 20.7. The summed E-state index contributed by atoms with van der Waals surface area (Å²) in [4.78, 5) is 11.5. The number of carbonyl (C=O) groups excluding carboxylic acids is 1. The number of sulfonamides is 1. The van der Waals surface area contributed by atoms with E-state index in [9.17, 15) is 13.2 Å². The number of Topliss-reactive ketones (excluding diaryl/α,β-unsaturated/α-hetero) is 1. The SMILES string of the molecule is C=CCN(Cc1ccc(OC)c(OC)c1)S(=O)(=O)c1ccc(C(C)=O)cc1. The van der Waals surface area contributed by atoms with Gasteiger partial charge in [-0.15, -0.1) is 6.58 Å². The van der Waals surface area contributed by atoms with Crippen LogP contribution >= 0.6 is 0 Å². The maximum absolute atomic E-state index is 13.0. The Morgan fingerprint density at radius 3 is 2.22 bits per heavy atom. The van der Waals surface area contributed by atoms with Crippen LogP contribution in [-0.2, 0) is 16.6 Å². The molecule has 27 heavy (non-hydrogen) atoms. The molecule has 0 aliphatic rings. The highest BCUT2D eigenvalue weighted by Crippen LogP contribution is 2.29. The fraction of sp³-hybridized carbons (Fsp3) is 0.250. The molecule has 0 radical (unpaired) electrons. The lowest BCUT2D eigenvalue weighted by Crippen LogP contribution is -2.30. The number of hydrogen-bond donors (Lipinski definition) is 0. The minimum absolute atomic E-state index is 0.118. The van der Waals surface area contributed by atoms with Crippen molar-refractivity contribution < 1.29 is 22.7 Å². The smallest absolute Gasteiger partial charge is 0.243 e. The Labute approximate surface area is 160 Å². The van der Waals surface area contributed by atoms with Crippen molar-refractivity contribution in [3.05, 3.63) is 66.2 Å². The fourth-order valence-corrected chi connectivity index (χ4v) is 3.98. The van der Waals surface area contributed by atoms with Crippen LogP contribution in [0, 0.1) is 0 Å². The number of nitrogens with zero attached hydrogens (tertiary/aromatic N) is 1. The van der Waals surface area contributed by atoms with E-state index in [-0.39, 0.29) is 23.8 Å². The normalized spacial score (nSPS) is 11.3. The summed E-state index contributed by atoms with van der Waals surface area (Å²) in [5.41, 5.74) is 1.21. The van der Waals surface area contributed by atoms with Crippen molar-refractivity contribution in [1.29, 1.82) is 0 Å². The first-order valence-electron chi connectivity index (χ1n) is 8.26. The van der Waals surface area contributed by atoms with E-state index < -0.39 is 10.0 Å². The molecular formula is C20H23NO5S. The number of hydrogen-bond acceptors (Lipinski definition) is 5. The van der Waals surface area contributed by atoms with E-state index in [1.165, 1.54) is 55.8 Å². The summed E-state index contributed by atoms with van der Waals surface area (Å²) in [5, 5.41) is 0. The van der Waals surface area contributed by atoms with Gasteiger partial charge in [0.05, 0.1) is 19.1 Å². The van der Waals surface area contributed by atoms with Gasteiger partial charge in [0.15, 0.2) is 17.3 Å². The minimum atomic E-state index is -3.76. The summed E-state index contributed by atoms with van der Waals surface area (Å²) in [7, 11) is -0.698. The Morgan fingerprint density at radius 1 is 1.07 bits per heavy atom. The zero-order valence-electron chi connectivity index (χ0n) is 15.6. The third-order valence-electron chi connectivity index (χ3n) is 4.04. The molecule has 0 bridgehead atoms. The van der Waals surface area contributed by atoms with Gasteiger partial charge < -0.3 is 9.47 Å². The average molecular weight is 389 g/mol. The highest BCUT2D eigenvalue weighted by atomic mass is 32.2. The van der Waals surface area contributed by atoms with Crippen LogP contribution in [0.15, 0.2) is 60.0 Å². The number of ether oxygens (including phenoxy) is 2. The van der Waals surface area contributed by atoms with Crippen molar-refractivity contribution in [2.45, 2.75) is 18.4 Å². The van der Waals surface area contributed by atoms with Crippen LogP contribution in [0.2, 0.25) is 0 Å². The molecule has 0 unspecified atom stereocenters. The molecule has 0 N–H and O–H groups in total. The van der Waals surface area contributed by atoms with E-state index >= 15 is 0 Å². The maximum Gasteiger partial charge on any atom is 0.243 e. The second-order valence-electron chi connectivity index (χ2n) is 5.86. The van der Waals surface area contributed by atoms with Crippen LogP contribution in [0.1, 0.15) is 22.8 Å². The van der Waals surface area contributed by atoms with Crippen LogP contribution in [0.3, 0.4) is 0 Å². The third-order valence-corrected chi connectivity index (χ3v) is 5.86. The number of methoxy groups -OCH3 is 2. The molecule has 2 aromatic carbocycles. The van der Waals surface area contributed by atoms with Gasteiger partial charge in [-0.05, 0) is 36.8 Å². The van der Waals surface area contributed by atoms with Crippen LogP contribution in [0.5, 0.6) is 11.5 Å². The van der Waals surface area contributed by atoms with E-state index in [1.54, 1.807) is 18.2 Å². The van der Waals surface area contributed by atoms with Crippen molar-refractivity contribution in [3.8, 4) is 11.5 Å². The standard InChI is InChI=1S/C20H23NO5S/c1-5-12-21(14-16-6-11-19(25-3)20(13-16)26-4)27(23,24)18-9-7-17(8-10-18)15(2)22/h5-11,13H,1,12,14H2,2-4H3. The highest BCUT2D eigenvalue weighted by molar-refractivity contribution is 7.89.